The molecule has 0 atom stereocenters. The number of piperazine rings is 1. The number of anilines is 2. The summed E-state index contributed by atoms with van der Waals surface area (Å²) in [5, 5.41) is 4.12. The molecule has 4 heterocycles. The molecule has 0 saturated carbocycles. The number of nitrogens with zero attached hydrogens (tertiary/aromatic N) is 6. The van der Waals surface area contributed by atoms with Gasteiger partial charge in [0.2, 0.25) is 0 Å². The molecule has 0 unspecified atom stereocenters. The van der Waals surface area contributed by atoms with Crippen molar-refractivity contribution in [2.75, 3.05) is 36.4 Å². The summed E-state index contributed by atoms with van der Waals surface area (Å²) < 4.78 is 0. The van der Waals surface area contributed by atoms with E-state index in [1.54, 1.807) is 12.4 Å². The second-order valence-electron chi connectivity index (χ2n) is 8.79. The third-order valence-electron chi connectivity index (χ3n) is 6.42. The van der Waals surface area contributed by atoms with Crippen molar-refractivity contribution in [2.24, 2.45) is 0 Å². The van der Waals surface area contributed by atoms with Crippen LogP contribution < -0.4 is 10.2 Å². The Morgan fingerprint density at radius 3 is 1.92 bits per heavy atom. The quantitative estimate of drug-likeness (QED) is 0.333. The predicted molar refractivity (Wildman–Crippen MR) is 152 cm³/mol. The zero-order valence-corrected chi connectivity index (χ0v) is 21.0. The van der Waals surface area contributed by atoms with E-state index in [2.05, 4.69) is 49.4 Å². The molecule has 8 heteroatoms. The number of thiocarbonyl (C=S) groups is 1. The lowest BCUT2D eigenvalue weighted by Crippen LogP contribution is -2.50. The Morgan fingerprint density at radius 1 is 0.676 bits per heavy atom. The van der Waals surface area contributed by atoms with Crippen LogP contribution in [0.2, 0.25) is 0 Å². The van der Waals surface area contributed by atoms with Crippen LogP contribution in [0.1, 0.15) is 0 Å². The van der Waals surface area contributed by atoms with E-state index >= 15 is 0 Å². The number of fused-ring (bicyclic) bond motifs is 1. The van der Waals surface area contributed by atoms with Crippen molar-refractivity contribution in [1.82, 2.24) is 24.8 Å². The Morgan fingerprint density at radius 2 is 1.30 bits per heavy atom. The normalized spacial score (nSPS) is 13.5. The standard InChI is InChI=1S/C29H25N7S/c37-29(36-18-16-35(17-19-36)22-8-2-1-3-9-22)32-21-12-13-23-26(20-21)34-28(25-11-5-7-15-31-25)27(33-23)24-10-4-6-14-30-24/h1-15,20H,16-19H2,(H,32,37). The zero-order chi connectivity index (χ0) is 25.0. The number of benzene rings is 2. The lowest BCUT2D eigenvalue weighted by atomic mass is 10.1. The minimum Gasteiger partial charge on any atom is -0.368 e. The first kappa shape index (κ1) is 23.0. The van der Waals surface area contributed by atoms with E-state index < -0.39 is 0 Å². The fraction of sp³-hybridized carbons (Fsp3) is 0.138. The van der Waals surface area contributed by atoms with E-state index in [1.165, 1.54) is 5.69 Å². The molecule has 1 fully saturated rings. The van der Waals surface area contributed by atoms with Gasteiger partial charge in [0.05, 0.1) is 22.4 Å². The van der Waals surface area contributed by atoms with Crippen molar-refractivity contribution in [3.63, 3.8) is 0 Å². The molecule has 0 aliphatic carbocycles. The van der Waals surface area contributed by atoms with E-state index in [9.17, 15) is 0 Å². The molecule has 1 N–H and O–H groups in total. The van der Waals surface area contributed by atoms with Crippen LogP contribution in [0.15, 0.2) is 97.3 Å². The van der Waals surface area contributed by atoms with Gasteiger partial charge >= 0.3 is 0 Å². The van der Waals surface area contributed by atoms with E-state index in [4.69, 9.17) is 22.2 Å². The second kappa shape index (κ2) is 10.3. The van der Waals surface area contributed by atoms with Crippen LogP contribution in [0.5, 0.6) is 0 Å². The molecule has 0 bridgehead atoms. The molecule has 1 aliphatic heterocycles. The molecule has 5 aromatic rings. The molecule has 1 saturated heterocycles. The van der Waals surface area contributed by atoms with Crippen LogP contribution in [0.3, 0.4) is 0 Å². The molecule has 0 radical (unpaired) electrons. The average Bonchev–Trinajstić information content (AvgIpc) is 2.98. The summed E-state index contributed by atoms with van der Waals surface area (Å²) in [6.45, 7) is 3.59. The van der Waals surface area contributed by atoms with Crippen LogP contribution in [-0.2, 0) is 0 Å². The molecule has 0 amide bonds. The SMILES string of the molecule is S=C(Nc1ccc2nc(-c3ccccn3)c(-c3ccccn3)nc2c1)N1CCN(c2ccccc2)CC1. The van der Waals surface area contributed by atoms with Gasteiger partial charge in [-0.15, -0.1) is 0 Å². The van der Waals surface area contributed by atoms with Crippen molar-refractivity contribution in [1.29, 1.82) is 0 Å². The molecule has 3 aromatic heterocycles. The van der Waals surface area contributed by atoms with Crippen LogP contribution in [0.25, 0.3) is 33.8 Å². The van der Waals surface area contributed by atoms with Gasteiger partial charge < -0.3 is 15.1 Å². The number of hydrogen-bond donors (Lipinski definition) is 1. The van der Waals surface area contributed by atoms with Crippen molar-refractivity contribution in [2.45, 2.75) is 0 Å². The molecule has 37 heavy (non-hydrogen) atoms. The van der Waals surface area contributed by atoms with E-state index in [0.717, 1.165) is 59.4 Å². The lowest BCUT2D eigenvalue weighted by molar-refractivity contribution is 0.391. The molecule has 0 spiro atoms. The first-order valence-corrected chi connectivity index (χ1v) is 12.7. The topological polar surface area (TPSA) is 70.1 Å². The Balaban J connectivity index is 1.24. The van der Waals surface area contributed by atoms with Crippen molar-refractivity contribution >= 4 is 39.7 Å². The highest BCUT2D eigenvalue weighted by molar-refractivity contribution is 7.80. The first-order chi connectivity index (χ1) is 18.2. The predicted octanol–water partition coefficient (Wildman–Crippen LogP) is 5.27. The molecular formula is C29H25N7S. The van der Waals surface area contributed by atoms with Crippen molar-refractivity contribution in [3.05, 3.63) is 97.3 Å². The lowest BCUT2D eigenvalue weighted by Gasteiger charge is -2.37. The van der Waals surface area contributed by atoms with Gasteiger partial charge in [0.1, 0.15) is 11.4 Å². The summed E-state index contributed by atoms with van der Waals surface area (Å²) in [4.78, 5) is 23.5. The minimum absolute atomic E-state index is 0.698. The highest BCUT2D eigenvalue weighted by Crippen LogP contribution is 2.29. The molecule has 1 aliphatic rings. The summed E-state index contributed by atoms with van der Waals surface area (Å²) in [6, 6.07) is 28.0. The summed E-state index contributed by atoms with van der Waals surface area (Å²) >= 11 is 5.76. The molecule has 182 valence electrons. The Labute approximate surface area is 220 Å². The van der Waals surface area contributed by atoms with Crippen LogP contribution >= 0.6 is 12.2 Å². The van der Waals surface area contributed by atoms with Crippen molar-refractivity contribution in [3.8, 4) is 22.8 Å². The van der Waals surface area contributed by atoms with Gasteiger partial charge in [0, 0.05) is 49.9 Å². The fourth-order valence-electron chi connectivity index (χ4n) is 4.50. The summed E-state index contributed by atoms with van der Waals surface area (Å²) in [7, 11) is 0. The average molecular weight is 504 g/mol. The van der Waals surface area contributed by atoms with Gasteiger partial charge in [-0.2, -0.15) is 0 Å². The van der Waals surface area contributed by atoms with E-state index in [0.29, 0.717) is 11.4 Å². The molecule has 7 nitrogen and oxygen atoms in total. The molecule has 2 aromatic carbocycles. The van der Waals surface area contributed by atoms with Gasteiger partial charge in [0.25, 0.3) is 0 Å². The van der Waals surface area contributed by atoms with E-state index in [1.807, 2.05) is 60.7 Å². The Bertz CT molecular complexity index is 1520. The maximum atomic E-state index is 5.76. The summed E-state index contributed by atoms with van der Waals surface area (Å²) in [5.41, 5.74) is 6.61. The number of aromatic nitrogens is 4. The number of para-hydroxylation sites is 1. The Hall–Kier alpha value is -4.43. The fourth-order valence-corrected chi connectivity index (χ4v) is 4.80. The van der Waals surface area contributed by atoms with Gasteiger partial charge in [-0.3, -0.25) is 9.97 Å². The largest absolute Gasteiger partial charge is 0.368 e. The number of nitrogens with one attached hydrogen (secondary N) is 1. The number of rotatable bonds is 4. The van der Waals surface area contributed by atoms with Crippen LogP contribution in [-0.4, -0.2) is 56.1 Å². The van der Waals surface area contributed by atoms with Gasteiger partial charge in [-0.25, -0.2) is 9.97 Å². The highest BCUT2D eigenvalue weighted by Gasteiger charge is 2.20. The third kappa shape index (κ3) is 4.96. The smallest absolute Gasteiger partial charge is 0.173 e. The monoisotopic (exact) mass is 503 g/mol. The van der Waals surface area contributed by atoms with Crippen LogP contribution in [0.4, 0.5) is 11.4 Å². The Kier molecular flexibility index (Phi) is 6.39. The zero-order valence-electron chi connectivity index (χ0n) is 20.2. The summed E-state index contributed by atoms with van der Waals surface area (Å²) in [5.74, 6) is 0. The van der Waals surface area contributed by atoms with E-state index in [-0.39, 0.29) is 0 Å². The van der Waals surface area contributed by atoms with Gasteiger partial charge in [0.15, 0.2) is 5.11 Å². The van der Waals surface area contributed by atoms with Crippen molar-refractivity contribution < 1.29 is 0 Å². The summed E-state index contributed by atoms with van der Waals surface area (Å²) in [6.07, 6.45) is 3.52. The third-order valence-corrected chi connectivity index (χ3v) is 6.78. The highest BCUT2D eigenvalue weighted by atomic mass is 32.1. The first-order valence-electron chi connectivity index (χ1n) is 12.3. The van der Waals surface area contributed by atoms with Gasteiger partial charge in [-0.1, -0.05) is 30.3 Å². The maximum Gasteiger partial charge on any atom is 0.173 e. The number of pyridine rings is 2. The van der Waals surface area contributed by atoms with Crippen LogP contribution in [0, 0.1) is 0 Å². The molecule has 6 rings (SSSR count). The minimum atomic E-state index is 0.698. The van der Waals surface area contributed by atoms with Gasteiger partial charge in [-0.05, 0) is 66.8 Å². The molecular weight excluding hydrogens is 478 g/mol. The maximum absolute atomic E-state index is 5.76. The second-order valence-corrected chi connectivity index (χ2v) is 9.18. The number of hydrogen-bond acceptors (Lipinski definition) is 6.